The standard InChI is InChI=1S/C37H54FN9O5S/c1-6-33(48)41-30-8-7-15-46(22-30)53(50,51)45-16-11-28(12-17-45)21-43-18-13-37(14-19-43)23-44(24-37)34-35(42-40-25-39-34)52-32-10-9-29(38)20-31(32)36(49)47(26(2)3)27(4)5/h6,9-10,20,25-28,30H,1,7-8,11-19,21-24H2,2-5H3,(H,41,48)/t30-/m1/s1. The molecule has 1 N–H and O–H groups in total. The molecule has 0 unspecified atom stereocenters. The van der Waals surface area contributed by atoms with Crippen molar-refractivity contribution >= 4 is 27.8 Å². The molecule has 1 aromatic carbocycles. The smallest absolute Gasteiger partial charge is 0.282 e. The summed E-state index contributed by atoms with van der Waals surface area (Å²) in [6.07, 6.45) is 7.82. The maximum Gasteiger partial charge on any atom is 0.282 e. The first-order valence-electron chi connectivity index (χ1n) is 18.9. The number of nitrogens with one attached hydrogen (secondary N) is 1. The van der Waals surface area contributed by atoms with E-state index < -0.39 is 16.0 Å². The molecule has 4 saturated heterocycles. The number of nitrogens with zero attached hydrogens (tertiary/aromatic N) is 8. The van der Waals surface area contributed by atoms with Gasteiger partial charge in [-0.3, -0.25) is 9.59 Å². The first-order valence-corrected chi connectivity index (χ1v) is 20.3. The Hall–Kier alpha value is -3.73. The average molecular weight is 756 g/mol. The van der Waals surface area contributed by atoms with Gasteiger partial charge in [0.15, 0.2) is 5.82 Å². The summed E-state index contributed by atoms with van der Waals surface area (Å²) in [5.74, 6) is 0.238. The first-order chi connectivity index (χ1) is 25.3. The number of halogens is 1. The fourth-order valence-corrected chi connectivity index (χ4v) is 10.2. The van der Waals surface area contributed by atoms with Gasteiger partial charge >= 0.3 is 0 Å². The summed E-state index contributed by atoms with van der Waals surface area (Å²) in [7, 11) is -3.58. The van der Waals surface area contributed by atoms with Crippen LogP contribution in [0.25, 0.3) is 0 Å². The second-order valence-electron chi connectivity index (χ2n) is 15.6. The van der Waals surface area contributed by atoms with E-state index in [1.807, 2.05) is 27.7 Å². The van der Waals surface area contributed by atoms with Crippen LogP contribution in [0.3, 0.4) is 0 Å². The number of likely N-dealkylation sites (tertiary alicyclic amines) is 1. The van der Waals surface area contributed by atoms with Crippen molar-refractivity contribution in [3.63, 3.8) is 0 Å². The third kappa shape index (κ3) is 8.82. The average Bonchev–Trinajstić information content (AvgIpc) is 3.12. The van der Waals surface area contributed by atoms with Crippen LogP contribution in [0.2, 0.25) is 0 Å². The Balaban J connectivity index is 0.994. The number of hydrogen-bond acceptors (Lipinski definition) is 10. The fraction of sp³-hybridized carbons (Fsp3) is 0.649. The summed E-state index contributed by atoms with van der Waals surface area (Å²) in [4.78, 5) is 36.2. The first kappa shape index (κ1) is 39.0. The van der Waals surface area contributed by atoms with Gasteiger partial charge in [0.05, 0.1) is 5.56 Å². The lowest BCUT2D eigenvalue weighted by molar-refractivity contribution is -0.117. The van der Waals surface area contributed by atoms with E-state index in [1.54, 1.807) is 9.21 Å². The maximum atomic E-state index is 14.4. The van der Waals surface area contributed by atoms with Gasteiger partial charge in [0.2, 0.25) is 5.91 Å². The van der Waals surface area contributed by atoms with E-state index in [1.165, 1.54) is 34.9 Å². The second kappa shape index (κ2) is 16.3. The number of carbonyl (C=O) groups excluding carboxylic acids is 2. The minimum Gasteiger partial charge on any atom is -0.434 e. The molecule has 5 heterocycles. The van der Waals surface area contributed by atoms with Crippen LogP contribution in [0.5, 0.6) is 11.6 Å². The normalized spacial score (nSPS) is 21.8. The van der Waals surface area contributed by atoms with Gasteiger partial charge in [-0.15, -0.1) is 10.2 Å². The molecule has 6 rings (SSSR count). The highest BCUT2D eigenvalue weighted by Gasteiger charge is 2.47. The van der Waals surface area contributed by atoms with Gasteiger partial charge < -0.3 is 24.8 Å². The number of piperidine rings is 3. The molecule has 0 saturated carbocycles. The molecule has 1 spiro atoms. The highest BCUT2D eigenvalue weighted by atomic mass is 32.2. The summed E-state index contributed by atoms with van der Waals surface area (Å²) in [5, 5.41) is 11.0. The number of hydrogen-bond donors (Lipinski definition) is 1. The minimum atomic E-state index is -3.58. The highest BCUT2D eigenvalue weighted by molar-refractivity contribution is 7.86. The molecule has 4 fully saturated rings. The molecule has 1 atom stereocenters. The molecule has 16 heteroatoms. The third-order valence-corrected chi connectivity index (χ3v) is 13.2. The van der Waals surface area contributed by atoms with Crippen LogP contribution in [-0.2, 0) is 15.0 Å². The predicted octanol–water partition coefficient (Wildman–Crippen LogP) is 3.69. The Morgan fingerprint density at radius 1 is 1.06 bits per heavy atom. The van der Waals surface area contributed by atoms with E-state index in [-0.39, 0.29) is 52.5 Å². The predicted molar refractivity (Wildman–Crippen MR) is 199 cm³/mol. The summed E-state index contributed by atoms with van der Waals surface area (Å²) in [5.41, 5.74) is 0.273. The Morgan fingerprint density at radius 3 is 2.42 bits per heavy atom. The maximum absolute atomic E-state index is 14.4. The molecule has 14 nitrogen and oxygen atoms in total. The number of aromatic nitrogens is 3. The molecule has 2 amide bonds. The van der Waals surface area contributed by atoms with Gasteiger partial charge in [-0.1, -0.05) is 6.58 Å². The van der Waals surface area contributed by atoms with Gasteiger partial charge in [-0.2, -0.15) is 17.0 Å². The van der Waals surface area contributed by atoms with E-state index in [2.05, 4.69) is 36.9 Å². The Kier molecular flexibility index (Phi) is 12.0. The van der Waals surface area contributed by atoms with Crippen molar-refractivity contribution in [2.45, 2.75) is 84.3 Å². The quantitative estimate of drug-likeness (QED) is 0.319. The molecule has 1 aromatic heterocycles. The largest absolute Gasteiger partial charge is 0.434 e. The lowest BCUT2D eigenvalue weighted by Crippen LogP contribution is -2.61. The van der Waals surface area contributed by atoms with Crippen LogP contribution < -0.4 is 15.0 Å². The topological polar surface area (TPSA) is 144 Å². The van der Waals surface area contributed by atoms with Gasteiger partial charge in [-0.05, 0) is 110 Å². The van der Waals surface area contributed by atoms with Crippen LogP contribution in [0.4, 0.5) is 10.2 Å². The molecular formula is C37H54FN9O5S. The number of benzene rings is 1. The lowest BCUT2D eigenvalue weighted by atomic mass is 9.72. The summed E-state index contributed by atoms with van der Waals surface area (Å²) in [6, 6.07) is 3.54. The Labute approximate surface area is 312 Å². The monoisotopic (exact) mass is 755 g/mol. The summed E-state index contributed by atoms with van der Waals surface area (Å²) < 4.78 is 50.7. The molecule has 290 valence electrons. The summed E-state index contributed by atoms with van der Waals surface area (Å²) in [6.45, 7) is 17.5. The Morgan fingerprint density at radius 2 is 1.75 bits per heavy atom. The van der Waals surface area contributed by atoms with Crippen LogP contribution in [0.1, 0.15) is 76.6 Å². The van der Waals surface area contributed by atoms with Crippen molar-refractivity contribution in [3.8, 4) is 11.6 Å². The zero-order valence-electron chi connectivity index (χ0n) is 31.4. The molecule has 0 radical (unpaired) electrons. The van der Waals surface area contributed by atoms with E-state index in [9.17, 15) is 22.4 Å². The van der Waals surface area contributed by atoms with E-state index >= 15 is 0 Å². The van der Waals surface area contributed by atoms with E-state index in [0.29, 0.717) is 44.3 Å². The zero-order chi connectivity index (χ0) is 37.9. The van der Waals surface area contributed by atoms with Crippen LogP contribution >= 0.6 is 0 Å². The van der Waals surface area contributed by atoms with Gasteiger partial charge in [-0.25, -0.2) is 9.37 Å². The van der Waals surface area contributed by atoms with Crippen LogP contribution in [0.15, 0.2) is 37.2 Å². The van der Waals surface area contributed by atoms with Crippen molar-refractivity contribution in [2.75, 3.05) is 63.8 Å². The highest BCUT2D eigenvalue weighted by Crippen LogP contribution is 2.45. The fourth-order valence-electron chi connectivity index (χ4n) is 8.43. The second-order valence-corrected chi connectivity index (χ2v) is 17.6. The number of rotatable bonds is 12. The molecule has 4 aliphatic heterocycles. The van der Waals surface area contributed by atoms with E-state index in [0.717, 1.165) is 64.8 Å². The number of ether oxygens (including phenoxy) is 1. The van der Waals surface area contributed by atoms with Crippen LogP contribution in [-0.4, -0.2) is 131 Å². The van der Waals surface area contributed by atoms with Crippen molar-refractivity contribution in [2.24, 2.45) is 11.3 Å². The van der Waals surface area contributed by atoms with Crippen molar-refractivity contribution in [1.82, 2.24) is 38.9 Å². The van der Waals surface area contributed by atoms with Gasteiger partial charge in [0.25, 0.3) is 22.0 Å². The minimum absolute atomic E-state index is 0.0905. The Bertz CT molecular complexity index is 1730. The third-order valence-electron chi connectivity index (χ3n) is 11.2. The zero-order valence-corrected chi connectivity index (χ0v) is 32.2. The molecule has 0 aliphatic carbocycles. The number of carbonyl (C=O) groups is 2. The van der Waals surface area contributed by atoms with Crippen LogP contribution in [0, 0.1) is 17.2 Å². The lowest BCUT2D eigenvalue weighted by Gasteiger charge is -2.54. The van der Waals surface area contributed by atoms with Gasteiger partial charge in [0, 0.05) is 69.4 Å². The summed E-state index contributed by atoms with van der Waals surface area (Å²) >= 11 is 0. The van der Waals surface area contributed by atoms with Crippen molar-refractivity contribution in [1.29, 1.82) is 0 Å². The van der Waals surface area contributed by atoms with Gasteiger partial charge in [0.1, 0.15) is 17.9 Å². The van der Waals surface area contributed by atoms with Crippen molar-refractivity contribution in [3.05, 3.63) is 48.6 Å². The number of amides is 2. The number of anilines is 1. The van der Waals surface area contributed by atoms with E-state index in [4.69, 9.17) is 4.74 Å². The SMILES string of the molecule is C=CC(=O)N[C@@H]1CCCN(S(=O)(=O)N2CCC(CN3CCC4(CC3)CN(c3ncnnc3Oc3ccc(F)cc3C(=O)N(C(C)C)C(C)C)C4)CC2)C1. The molecule has 4 aliphatic rings. The molecular weight excluding hydrogens is 702 g/mol. The molecule has 53 heavy (non-hydrogen) atoms. The van der Waals surface area contributed by atoms with Crippen molar-refractivity contribution < 1.29 is 27.1 Å². The molecule has 0 bridgehead atoms. The molecule has 2 aromatic rings.